The summed E-state index contributed by atoms with van der Waals surface area (Å²) < 4.78 is 11.1. The van der Waals surface area contributed by atoms with Crippen molar-refractivity contribution in [3.8, 4) is 0 Å². The second kappa shape index (κ2) is 5.78. The summed E-state index contributed by atoms with van der Waals surface area (Å²) in [7, 11) is 0. The van der Waals surface area contributed by atoms with E-state index in [-0.39, 0.29) is 12.1 Å². The van der Waals surface area contributed by atoms with Gasteiger partial charge in [0.1, 0.15) is 11.3 Å². The highest BCUT2D eigenvalue weighted by molar-refractivity contribution is 5.70. The second-order valence-electron chi connectivity index (χ2n) is 6.13. The summed E-state index contributed by atoms with van der Waals surface area (Å²) in [6.45, 7) is 13.5. The maximum atomic E-state index is 12.3. The Morgan fingerprint density at radius 2 is 2.16 bits per heavy atom. The van der Waals surface area contributed by atoms with Crippen LogP contribution in [-0.4, -0.2) is 35.0 Å². The highest BCUT2D eigenvalue weighted by Gasteiger charge is 2.44. The number of rotatable bonds is 3. The van der Waals surface area contributed by atoms with E-state index in [1.54, 1.807) is 4.90 Å². The van der Waals surface area contributed by atoms with E-state index in [1.807, 2.05) is 52.8 Å². The maximum absolute atomic E-state index is 12.3. The Kier molecular flexibility index (Phi) is 4.80. The summed E-state index contributed by atoms with van der Waals surface area (Å²) in [6, 6.07) is -0.0928. The minimum absolute atomic E-state index is 0.0928. The van der Waals surface area contributed by atoms with E-state index in [2.05, 4.69) is 6.58 Å². The van der Waals surface area contributed by atoms with Crippen LogP contribution in [0.4, 0.5) is 4.79 Å². The van der Waals surface area contributed by atoms with Gasteiger partial charge in [-0.1, -0.05) is 18.2 Å². The summed E-state index contributed by atoms with van der Waals surface area (Å²) in [4.78, 5) is 13.9. The third kappa shape index (κ3) is 4.39. The van der Waals surface area contributed by atoms with E-state index in [1.165, 1.54) is 0 Å². The molecule has 4 nitrogen and oxygen atoms in total. The monoisotopic (exact) mass is 267 g/mol. The minimum atomic E-state index is -0.647. The Morgan fingerprint density at radius 1 is 1.53 bits per heavy atom. The van der Waals surface area contributed by atoms with Crippen molar-refractivity contribution < 1.29 is 14.3 Å². The van der Waals surface area contributed by atoms with E-state index in [4.69, 9.17) is 9.47 Å². The molecule has 0 aromatic carbocycles. The molecule has 0 aromatic heterocycles. The first-order valence-corrected chi connectivity index (χ1v) is 6.61. The lowest BCUT2D eigenvalue weighted by atomic mass is 10.2. The number of nitrogens with zero attached hydrogens (tertiary/aromatic N) is 1. The van der Waals surface area contributed by atoms with Crippen LogP contribution in [0.25, 0.3) is 0 Å². The van der Waals surface area contributed by atoms with Gasteiger partial charge in [-0.2, -0.15) is 0 Å². The molecule has 0 unspecified atom stereocenters. The molecular weight excluding hydrogens is 242 g/mol. The quantitative estimate of drug-likeness (QED) is 0.735. The number of hydrogen-bond donors (Lipinski definition) is 0. The van der Waals surface area contributed by atoms with Crippen molar-refractivity contribution in [3.05, 3.63) is 24.8 Å². The molecule has 0 saturated carbocycles. The van der Waals surface area contributed by atoms with Gasteiger partial charge in [0, 0.05) is 0 Å². The number of carbonyl (C=O) groups is 1. The van der Waals surface area contributed by atoms with Crippen molar-refractivity contribution in [2.75, 3.05) is 6.61 Å². The summed E-state index contributed by atoms with van der Waals surface area (Å²) in [5.74, 6) is 0. The summed E-state index contributed by atoms with van der Waals surface area (Å²) in [5.41, 5.74) is -1.16. The molecule has 1 heterocycles. The summed E-state index contributed by atoms with van der Waals surface area (Å²) >= 11 is 0. The highest BCUT2D eigenvalue weighted by Crippen LogP contribution is 2.29. The van der Waals surface area contributed by atoms with Crippen LogP contribution in [0, 0.1) is 0 Å². The fraction of sp³-hybridized carbons (Fsp3) is 0.667. The van der Waals surface area contributed by atoms with Crippen LogP contribution in [0.2, 0.25) is 0 Å². The molecule has 0 radical (unpaired) electrons. The van der Waals surface area contributed by atoms with Crippen LogP contribution in [0.1, 0.15) is 41.0 Å². The van der Waals surface area contributed by atoms with Gasteiger partial charge in [0.15, 0.2) is 0 Å². The number of hydrogen-bond acceptors (Lipinski definition) is 3. The molecule has 19 heavy (non-hydrogen) atoms. The Balaban J connectivity index is 2.83. The van der Waals surface area contributed by atoms with Gasteiger partial charge in [-0.15, -0.1) is 6.58 Å². The first-order chi connectivity index (χ1) is 8.67. The topological polar surface area (TPSA) is 38.8 Å². The summed E-state index contributed by atoms with van der Waals surface area (Å²) in [6.07, 6.45) is 6.21. The molecule has 1 aliphatic heterocycles. The predicted molar refractivity (Wildman–Crippen MR) is 75.8 cm³/mol. The molecule has 0 aliphatic carbocycles. The van der Waals surface area contributed by atoms with Crippen LogP contribution >= 0.6 is 0 Å². The van der Waals surface area contributed by atoms with Crippen LogP contribution in [-0.2, 0) is 9.47 Å². The largest absolute Gasteiger partial charge is 0.444 e. The van der Waals surface area contributed by atoms with Crippen LogP contribution < -0.4 is 0 Å². The van der Waals surface area contributed by atoms with Crippen LogP contribution in [0.15, 0.2) is 24.8 Å². The molecule has 1 rings (SSSR count). The standard InChI is InChI=1S/C15H25NO3/c1-7-8-9-10-12-11-18-15(5,6)16(12)13(17)19-14(2,3)4/h7,9-10,12H,1,8,11H2,2-6H3/b10-9+/t12-/m0/s1. The van der Waals surface area contributed by atoms with E-state index >= 15 is 0 Å². The molecule has 0 aromatic rings. The lowest BCUT2D eigenvalue weighted by Gasteiger charge is -2.34. The molecule has 0 N–H and O–H groups in total. The van der Waals surface area contributed by atoms with Crippen molar-refractivity contribution in [2.45, 2.75) is 58.4 Å². The third-order valence-corrected chi connectivity index (χ3v) is 2.77. The molecule has 1 fully saturated rings. The van der Waals surface area contributed by atoms with Gasteiger partial charge in [-0.25, -0.2) is 4.79 Å². The molecule has 1 saturated heterocycles. The maximum Gasteiger partial charge on any atom is 0.413 e. The first-order valence-electron chi connectivity index (χ1n) is 6.61. The molecule has 1 atom stereocenters. The van der Waals surface area contributed by atoms with Gasteiger partial charge >= 0.3 is 6.09 Å². The zero-order valence-electron chi connectivity index (χ0n) is 12.6. The van der Waals surface area contributed by atoms with Crippen molar-refractivity contribution in [3.63, 3.8) is 0 Å². The Labute approximate surface area is 116 Å². The van der Waals surface area contributed by atoms with Gasteiger partial charge in [-0.05, 0) is 41.0 Å². The molecule has 1 aliphatic rings. The van der Waals surface area contributed by atoms with Crippen LogP contribution in [0.3, 0.4) is 0 Å². The zero-order chi connectivity index (χ0) is 14.7. The van der Waals surface area contributed by atoms with Crippen LogP contribution in [0.5, 0.6) is 0 Å². The van der Waals surface area contributed by atoms with Gasteiger partial charge in [0.2, 0.25) is 0 Å². The lowest BCUT2D eigenvalue weighted by molar-refractivity contribution is -0.0610. The van der Waals surface area contributed by atoms with Gasteiger partial charge < -0.3 is 9.47 Å². The molecule has 1 amide bonds. The van der Waals surface area contributed by atoms with Gasteiger partial charge in [0.05, 0.1) is 12.6 Å². The molecular formula is C15H25NO3. The predicted octanol–water partition coefficient (Wildman–Crippen LogP) is 3.49. The smallest absolute Gasteiger partial charge is 0.413 e. The number of ether oxygens (including phenoxy) is 2. The van der Waals surface area contributed by atoms with E-state index in [0.29, 0.717) is 6.61 Å². The fourth-order valence-corrected chi connectivity index (χ4v) is 1.97. The van der Waals surface area contributed by atoms with Crippen molar-refractivity contribution >= 4 is 6.09 Å². The average Bonchev–Trinajstić information content (AvgIpc) is 2.52. The molecule has 108 valence electrons. The third-order valence-electron chi connectivity index (χ3n) is 2.77. The fourth-order valence-electron chi connectivity index (χ4n) is 1.97. The number of amides is 1. The van der Waals surface area contributed by atoms with Crippen molar-refractivity contribution in [1.82, 2.24) is 4.90 Å². The molecule has 4 heteroatoms. The van der Waals surface area contributed by atoms with E-state index in [0.717, 1.165) is 6.42 Å². The van der Waals surface area contributed by atoms with Crippen molar-refractivity contribution in [2.24, 2.45) is 0 Å². The SMILES string of the molecule is C=CC/C=C/[C@H]1COC(C)(C)N1C(=O)OC(C)(C)C. The Hall–Kier alpha value is -1.29. The highest BCUT2D eigenvalue weighted by atomic mass is 16.6. The van der Waals surface area contributed by atoms with Crippen molar-refractivity contribution in [1.29, 1.82) is 0 Å². The van der Waals surface area contributed by atoms with Gasteiger partial charge in [-0.3, -0.25) is 4.90 Å². The van der Waals surface area contributed by atoms with E-state index in [9.17, 15) is 4.79 Å². The van der Waals surface area contributed by atoms with E-state index < -0.39 is 11.3 Å². The molecule has 0 spiro atoms. The summed E-state index contributed by atoms with van der Waals surface area (Å²) in [5, 5.41) is 0. The average molecular weight is 267 g/mol. The normalized spacial score (nSPS) is 22.8. The van der Waals surface area contributed by atoms with Gasteiger partial charge in [0.25, 0.3) is 0 Å². The minimum Gasteiger partial charge on any atom is -0.444 e. The second-order valence-corrected chi connectivity index (χ2v) is 6.13. The number of allylic oxidation sites excluding steroid dienone is 2. The number of carbonyl (C=O) groups excluding carboxylic acids is 1. The zero-order valence-corrected chi connectivity index (χ0v) is 12.6. The molecule has 0 bridgehead atoms. The lowest BCUT2D eigenvalue weighted by Crippen LogP contribution is -2.49. The Morgan fingerprint density at radius 3 is 2.68 bits per heavy atom. The first kappa shape index (κ1) is 15.8. The Bertz CT molecular complexity index is 366.